The molecule has 0 heterocycles. The summed E-state index contributed by atoms with van der Waals surface area (Å²) in [7, 11) is 0. The number of carbonyl (C=O) groups is 1. The van der Waals surface area contributed by atoms with E-state index in [4.69, 9.17) is 0 Å². The molecule has 3 heteroatoms. The molecule has 1 atom stereocenters. The molecule has 0 spiro atoms. The van der Waals surface area contributed by atoms with E-state index >= 15 is 0 Å². The van der Waals surface area contributed by atoms with E-state index in [1.165, 1.54) is 0 Å². The lowest BCUT2D eigenvalue weighted by Gasteiger charge is -2.21. The lowest BCUT2D eigenvalue weighted by Crippen LogP contribution is -2.08. The minimum absolute atomic E-state index is 0.184. The van der Waals surface area contributed by atoms with Crippen molar-refractivity contribution in [3.8, 4) is 17.2 Å². The van der Waals surface area contributed by atoms with Crippen LogP contribution in [0.3, 0.4) is 0 Å². The SMILES string of the molecule is Cc1ccc(-c2cc(C#N)cc3c2C2CCCCCCC(=O)CC2=C3)cc1F. The summed E-state index contributed by atoms with van der Waals surface area (Å²) in [6.07, 6.45) is 8.59. The monoisotopic (exact) mass is 373 g/mol. The lowest BCUT2D eigenvalue weighted by molar-refractivity contribution is -0.118. The van der Waals surface area contributed by atoms with Crippen molar-refractivity contribution in [3.63, 3.8) is 0 Å². The van der Waals surface area contributed by atoms with E-state index in [2.05, 4.69) is 12.1 Å². The molecule has 2 nitrogen and oxygen atoms in total. The Morgan fingerprint density at radius 3 is 2.71 bits per heavy atom. The van der Waals surface area contributed by atoms with Crippen LogP contribution < -0.4 is 0 Å². The molecular formula is C25H24FNO. The van der Waals surface area contributed by atoms with Gasteiger partial charge < -0.3 is 0 Å². The van der Waals surface area contributed by atoms with Gasteiger partial charge in [-0.1, -0.05) is 43.0 Å². The van der Waals surface area contributed by atoms with Crippen LogP contribution in [0.2, 0.25) is 0 Å². The molecule has 2 aromatic rings. The van der Waals surface area contributed by atoms with E-state index in [-0.39, 0.29) is 11.7 Å². The largest absolute Gasteiger partial charge is 0.299 e. The highest BCUT2D eigenvalue weighted by molar-refractivity contribution is 5.87. The van der Waals surface area contributed by atoms with Crippen molar-refractivity contribution < 1.29 is 9.18 Å². The molecule has 4 rings (SSSR count). The standard InChI is InChI=1S/C25H24FNO/c1-16-8-9-18(14-24(16)26)23-11-17(15-27)10-20-12-19-13-21(28)6-4-2-3-5-7-22(19)25(20)23/h8-12,14,22H,2-7,13H2,1H3. The van der Waals surface area contributed by atoms with Crippen molar-refractivity contribution in [1.82, 2.24) is 0 Å². The van der Waals surface area contributed by atoms with Gasteiger partial charge in [-0.05, 0) is 65.8 Å². The summed E-state index contributed by atoms with van der Waals surface area (Å²) in [6.45, 7) is 1.75. The molecule has 0 aliphatic heterocycles. The summed E-state index contributed by atoms with van der Waals surface area (Å²) in [5.41, 5.74) is 6.24. The normalized spacial score (nSPS) is 19.4. The Labute approximate surface area is 165 Å². The Kier molecular flexibility index (Phi) is 5.13. The van der Waals surface area contributed by atoms with E-state index in [9.17, 15) is 14.4 Å². The van der Waals surface area contributed by atoms with Gasteiger partial charge in [-0.2, -0.15) is 5.26 Å². The highest BCUT2D eigenvalue weighted by atomic mass is 19.1. The second-order valence-corrected chi connectivity index (χ2v) is 8.04. The quantitative estimate of drug-likeness (QED) is 0.575. The molecule has 0 saturated heterocycles. The van der Waals surface area contributed by atoms with Crippen LogP contribution in [0.4, 0.5) is 4.39 Å². The Morgan fingerprint density at radius 2 is 1.93 bits per heavy atom. The second kappa shape index (κ2) is 7.72. The Morgan fingerprint density at radius 1 is 1.11 bits per heavy atom. The molecule has 0 aromatic heterocycles. The smallest absolute Gasteiger partial charge is 0.136 e. The number of allylic oxidation sites excluding steroid dienone is 1. The minimum atomic E-state index is -0.235. The Balaban J connectivity index is 1.84. The molecule has 0 radical (unpaired) electrons. The number of aryl methyl sites for hydroxylation is 1. The fraction of sp³-hybridized carbons (Fsp3) is 0.360. The number of benzene rings is 2. The number of halogens is 1. The number of carbonyl (C=O) groups excluding carboxylic acids is 1. The van der Waals surface area contributed by atoms with Crippen molar-refractivity contribution in [2.24, 2.45) is 0 Å². The van der Waals surface area contributed by atoms with Crippen LogP contribution in [0.1, 0.15) is 73.1 Å². The van der Waals surface area contributed by atoms with Crippen molar-refractivity contribution in [2.45, 2.75) is 57.8 Å². The van der Waals surface area contributed by atoms with Crippen LogP contribution in [0.5, 0.6) is 0 Å². The van der Waals surface area contributed by atoms with Crippen LogP contribution in [-0.2, 0) is 4.79 Å². The Hall–Kier alpha value is -2.73. The first-order valence-electron chi connectivity index (χ1n) is 10.1. The van der Waals surface area contributed by atoms with Crippen LogP contribution in [0.15, 0.2) is 35.9 Å². The summed E-state index contributed by atoms with van der Waals surface area (Å²) in [6, 6.07) is 11.3. The Bertz CT molecular complexity index is 1010. The summed E-state index contributed by atoms with van der Waals surface area (Å²) in [5.74, 6) is 0.250. The molecule has 142 valence electrons. The highest BCUT2D eigenvalue weighted by Crippen LogP contribution is 2.47. The minimum Gasteiger partial charge on any atom is -0.299 e. The zero-order valence-corrected chi connectivity index (χ0v) is 16.2. The maximum absolute atomic E-state index is 14.3. The summed E-state index contributed by atoms with van der Waals surface area (Å²) in [5, 5.41) is 9.51. The molecule has 28 heavy (non-hydrogen) atoms. The van der Waals surface area contributed by atoms with Gasteiger partial charge in [0, 0.05) is 18.8 Å². The van der Waals surface area contributed by atoms with Gasteiger partial charge in [-0.25, -0.2) is 4.39 Å². The molecule has 2 aliphatic carbocycles. The molecular weight excluding hydrogens is 349 g/mol. The van der Waals surface area contributed by atoms with Gasteiger partial charge in [0.2, 0.25) is 0 Å². The van der Waals surface area contributed by atoms with Crippen LogP contribution in [0.25, 0.3) is 17.2 Å². The third-order valence-electron chi connectivity index (χ3n) is 6.06. The van der Waals surface area contributed by atoms with E-state index in [1.54, 1.807) is 19.1 Å². The molecule has 0 N–H and O–H groups in total. The van der Waals surface area contributed by atoms with Gasteiger partial charge in [0.15, 0.2) is 0 Å². The van der Waals surface area contributed by atoms with Gasteiger partial charge >= 0.3 is 0 Å². The van der Waals surface area contributed by atoms with Gasteiger partial charge in [0.25, 0.3) is 0 Å². The second-order valence-electron chi connectivity index (χ2n) is 8.04. The molecule has 0 amide bonds. The zero-order valence-electron chi connectivity index (χ0n) is 16.2. The molecule has 1 fully saturated rings. The van der Waals surface area contributed by atoms with E-state index in [0.29, 0.717) is 29.8 Å². The van der Waals surface area contributed by atoms with Crippen molar-refractivity contribution >= 4 is 11.9 Å². The fourth-order valence-electron chi connectivity index (χ4n) is 4.58. The van der Waals surface area contributed by atoms with Crippen LogP contribution >= 0.6 is 0 Å². The fourth-order valence-corrected chi connectivity index (χ4v) is 4.58. The molecule has 2 aromatic carbocycles. The van der Waals surface area contributed by atoms with Crippen LogP contribution in [0, 0.1) is 24.1 Å². The highest BCUT2D eigenvalue weighted by Gasteiger charge is 2.30. The molecule has 0 bridgehead atoms. The van der Waals surface area contributed by atoms with Gasteiger partial charge in [0.05, 0.1) is 11.6 Å². The summed E-state index contributed by atoms with van der Waals surface area (Å²) in [4.78, 5) is 12.4. The average Bonchev–Trinajstić information content (AvgIpc) is 3.03. The summed E-state index contributed by atoms with van der Waals surface area (Å²) < 4.78 is 14.3. The number of hydrogen-bond donors (Lipinski definition) is 0. The van der Waals surface area contributed by atoms with Gasteiger partial charge in [-0.3, -0.25) is 4.79 Å². The van der Waals surface area contributed by atoms with Crippen molar-refractivity contribution in [2.75, 3.05) is 0 Å². The number of hydrogen-bond acceptors (Lipinski definition) is 2. The number of nitriles is 1. The van der Waals surface area contributed by atoms with Crippen LogP contribution in [-0.4, -0.2) is 5.78 Å². The third kappa shape index (κ3) is 3.52. The van der Waals surface area contributed by atoms with Crippen molar-refractivity contribution in [3.05, 3.63) is 64.0 Å². The first-order valence-corrected chi connectivity index (χ1v) is 10.1. The molecule has 1 unspecified atom stereocenters. The maximum Gasteiger partial charge on any atom is 0.136 e. The molecule has 2 aliphatic rings. The topological polar surface area (TPSA) is 40.9 Å². The predicted octanol–water partition coefficient (Wildman–Crippen LogP) is 6.47. The number of Topliss-reactive ketones (excluding diaryl/α,β-unsaturated/α-hetero) is 1. The number of fused-ring (bicyclic) bond motifs is 3. The van der Waals surface area contributed by atoms with Crippen molar-refractivity contribution in [1.29, 1.82) is 5.26 Å². The number of rotatable bonds is 1. The maximum atomic E-state index is 14.3. The van der Waals surface area contributed by atoms with E-state index in [0.717, 1.165) is 59.9 Å². The molecule has 1 saturated carbocycles. The van der Waals surface area contributed by atoms with Gasteiger partial charge in [-0.15, -0.1) is 0 Å². The zero-order chi connectivity index (χ0) is 19.7. The van der Waals surface area contributed by atoms with E-state index < -0.39 is 0 Å². The first-order chi connectivity index (χ1) is 13.6. The third-order valence-corrected chi connectivity index (χ3v) is 6.06. The average molecular weight is 373 g/mol. The number of nitrogens with zero attached hydrogens (tertiary/aromatic N) is 1. The first kappa shape index (κ1) is 18.6. The summed E-state index contributed by atoms with van der Waals surface area (Å²) >= 11 is 0. The predicted molar refractivity (Wildman–Crippen MR) is 109 cm³/mol. The number of ketones is 1. The lowest BCUT2D eigenvalue weighted by atomic mass is 9.82. The van der Waals surface area contributed by atoms with E-state index in [1.807, 2.05) is 18.2 Å². The van der Waals surface area contributed by atoms with Gasteiger partial charge in [0.1, 0.15) is 11.6 Å².